The van der Waals surface area contributed by atoms with Crippen LogP contribution in [0.5, 0.6) is 0 Å². The summed E-state index contributed by atoms with van der Waals surface area (Å²) in [5.41, 5.74) is 7.34. The zero-order chi connectivity index (χ0) is 31.0. The Morgan fingerprint density at radius 3 is 2.29 bits per heavy atom. The number of carbonyl (C=O) groups is 4. The number of nitriles is 1. The molecule has 0 aliphatic heterocycles. The first kappa shape index (κ1) is 31.6. The van der Waals surface area contributed by atoms with Gasteiger partial charge in [-0.2, -0.15) is 5.26 Å². The quantitative estimate of drug-likeness (QED) is 0.301. The SMILES string of the molecule is Cc1ccc(C(C(=O)Nc2ccc3ccccc3c2)N(CC#N)C(=O)C(CCC(N)=O)NC(=O)OC(C)(C)C)cc1C. The molecule has 10 nitrogen and oxygen atoms in total. The molecule has 0 bridgehead atoms. The summed E-state index contributed by atoms with van der Waals surface area (Å²) in [5, 5.41) is 17.0. The number of hydrogen-bond acceptors (Lipinski definition) is 6. The van der Waals surface area contributed by atoms with Crippen LogP contribution in [0.3, 0.4) is 0 Å². The maximum atomic E-state index is 14.0. The van der Waals surface area contributed by atoms with Crippen molar-refractivity contribution in [2.24, 2.45) is 5.73 Å². The zero-order valence-corrected chi connectivity index (χ0v) is 24.6. The predicted molar refractivity (Wildman–Crippen MR) is 160 cm³/mol. The number of fused-ring (bicyclic) bond motifs is 1. The monoisotopic (exact) mass is 571 g/mol. The van der Waals surface area contributed by atoms with Crippen molar-refractivity contribution in [3.63, 3.8) is 0 Å². The summed E-state index contributed by atoms with van der Waals surface area (Å²) < 4.78 is 5.32. The lowest BCUT2D eigenvalue weighted by Gasteiger charge is -2.33. The van der Waals surface area contributed by atoms with Gasteiger partial charge in [-0.1, -0.05) is 48.5 Å². The predicted octanol–water partition coefficient (Wildman–Crippen LogP) is 4.65. The number of rotatable bonds is 10. The number of ether oxygens (including phenoxy) is 1. The largest absolute Gasteiger partial charge is 0.444 e. The van der Waals surface area contributed by atoms with Crippen LogP contribution in [0.4, 0.5) is 10.5 Å². The van der Waals surface area contributed by atoms with E-state index in [1.165, 1.54) is 0 Å². The van der Waals surface area contributed by atoms with Gasteiger partial charge >= 0.3 is 6.09 Å². The fourth-order valence-electron chi connectivity index (χ4n) is 4.45. The van der Waals surface area contributed by atoms with Crippen LogP contribution in [0.2, 0.25) is 0 Å². The molecular weight excluding hydrogens is 534 g/mol. The van der Waals surface area contributed by atoms with E-state index in [0.29, 0.717) is 11.3 Å². The fraction of sp³-hybridized carbons (Fsp3) is 0.344. The molecular formula is C32H37N5O5. The molecule has 0 saturated heterocycles. The van der Waals surface area contributed by atoms with Gasteiger partial charge in [0.05, 0.1) is 6.07 Å². The average Bonchev–Trinajstić information content (AvgIpc) is 2.91. The van der Waals surface area contributed by atoms with E-state index in [9.17, 15) is 24.4 Å². The average molecular weight is 572 g/mol. The van der Waals surface area contributed by atoms with Crippen LogP contribution < -0.4 is 16.4 Å². The molecule has 220 valence electrons. The highest BCUT2D eigenvalue weighted by molar-refractivity contribution is 6.00. The first-order valence-electron chi connectivity index (χ1n) is 13.6. The molecule has 4 N–H and O–H groups in total. The maximum absolute atomic E-state index is 14.0. The molecule has 0 spiro atoms. The lowest BCUT2D eigenvalue weighted by molar-refractivity contribution is -0.140. The van der Waals surface area contributed by atoms with Crippen LogP contribution in [-0.4, -0.2) is 46.9 Å². The van der Waals surface area contributed by atoms with Gasteiger partial charge in [0.15, 0.2) is 0 Å². The Labute approximate surface area is 245 Å². The molecule has 4 amide bonds. The van der Waals surface area contributed by atoms with Crippen LogP contribution in [0.15, 0.2) is 60.7 Å². The van der Waals surface area contributed by atoms with Crippen molar-refractivity contribution in [2.45, 2.75) is 65.1 Å². The number of amides is 4. The first-order valence-corrected chi connectivity index (χ1v) is 13.6. The number of nitrogens with two attached hydrogens (primary N) is 1. The summed E-state index contributed by atoms with van der Waals surface area (Å²) >= 11 is 0. The highest BCUT2D eigenvalue weighted by Crippen LogP contribution is 2.27. The minimum atomic E-state index is -1.29. The topological polar surface area (TPSA) is 155 Å². The minimum absolute atomic E-state index is 0.152. The van der Waals surface area contributed by atoms with E-state index in [4.69, 9.17) is 10.5 Å². The Kier molecular flexibility index (Phi) is 10.3. The molecule has 0 aromatic heterocycles. The van der Waals surface area contributed by atoms with Crippen molar-refractivity contribution in [1.29, 1.82) is 5.26 Å². The van der Waals surface area contributed by atoms with Crippen LogP contribution >= 0.6 is 0 Å². The number of aryl methyl sites for hydroxylation is 2. The second-order valence-electron chi connectivity index (χ2n) is 11.1. The second kappa shape index (κ2) is 13.6. The van der Waals surface area contributed by atoms with Gasteiger partial charge in [-0.3, -0.25) is 14.4 Å². The normalized spacial score (nSPS) is 12.5. The smallest absolute Gasteiger partial charge is 0.408 e. The van der Waals surface area contributed by atoms with Crippen LogP contribution in [0.1, 0.15) is 56.3 Å². The van der Waals surface area contributed by atoms with Gasteiger partial charge in [-0.15, -0.1) is 0 Å². The number of benzene rings is 3. The number of nitrogens with one attached hydrogen (secondary N) is 2. The van der Waals surface area contributed by atoms with E-state index in [1.807, 2.05) is 62.4 Å². The van der Waals surface area contributed by atoms with Gasteiger partial charge < -0.3 is 26.0 Å². The van der Waals surface area contributed by atoms with Gasteiger partial charge in [0.1, 0.15) is 24.2 Å². The molecule has 2 unspecified atom stereocenters. The molecule has 2 atom stereocenters. The molecule has 0 fully saturated rings. The first-order chi connectivity index (χ1) is 19.8. The molecule has 3 rings (SSSR count). The molecule has 3 aromatic rings. The van der Waals surface area contributed by atoms with Crippen LogP contribution in [0.25, 0.3) is 10.8 Å². The van der Waals surface area contributed by atoms with Crippen molar-refractivity contribution < 1.29 is 23.9 Å². The van der Waals surface area contributed by atoms with E-state index >= 15 is 0 Å². The third kappa shape index (κ3) is 8.54. The lowest BCUT2D eigenvalue weighted by atomic mass is 9.97. The van der Waals surface area contributed by atoms with E-state index < -0.39 is 48.0 Å². The zero-order valence-electron chi connectivity index (χ0n) is 24.6. The number of carbonyl (C=O) groups excluding carboxylic acids is 4. The Hall–Kier alpha value is -4.91. The third-order valence-electron chi connectivity index (χ3n) is 6.62. The lowest BCUT2D eigenvalue weighted by Crippen LogP contribution is -2.52. The fourth-order valence-corrected chi connectivity index (χ4v) is 4.45. The number of hydrogen-bond donors (Lipinski definition) is 3. The highest BCUT2D eigenvalue weighted by atomic mass is 16.6. The molecule has 0 aliphatic rings. The number of nitrogens with zero attached hydrogens (tertiary/aromatic N) is 2. The minimum Gasteiger partial charge on any atom is -0.444 e. The summed E-state index contributed by atoms with van der Waals surface area (Å²) in [4.78, 5) is 53.3. The van der Waals surface area contributed by atoms with Crippen molar-refractivity contribution >= 4 is 40.3 Å². The van der Waals surface area contributed by atoms with Gasteiger partial charge in [0.2, 0.25) is 11.8 Å². The van der Waals surface area contributed by atoms with Gasteiger partial charge in [-0.25, -0.2) is 4.79 Å². The molecule has 42 heavy (non-hydrogen) atoms. The van der Waals surface area contributed by atoms with Crippen molar-refractivity contribution in [3.05, 3.63) is 77.4 Å². The number of anilines is 1. The molecule has 3 aromatic carbocycles. The summed E-state index contributed by atoms with van der Waals surface area (Å²) in [7, 11) is 0. The number of primary amides is 1. The Morgan fingerprint density at radius 1 is 0.976 bits per heavy atom. The number of alkyl carbamates (subject to hydrolysis) is 1. The molecule has 0 saturated carbocycles. The second-order valence-corrected chi connectivity index (χ2v) is 11.1. The van der Waals surface area contributed by atoms with Crippen molar-refractivity contribution in [3.8, 4) is 6.07 Å². The summed E-state index contributed by atoms with van der Waals surface area (Å²) in [6.07, 6.45) is -1.25. The Balaban J connectivity index is 2.04. The summed E-state index contributed by atoms with van der Waals surface area (Å²) in [6, 6.07) is 17.9. The highest BCUT2D eigenvalue weighted by Gasteiger charge is 2.36. The van der Waals surface area contributed by atoms with E-state index in [1.54, 1.807) is 39.0 Å². The molecule has 0 aliphatic carbocycles. The van der Waals surface area contributed by atoms with Crippen LogP contribution in [0, 0.1) is 25.2 Å². The van der Waals surface area contributed by atoms with E-state index in [-0.39, 0.29) is 12.8 Å². The summed E-state index contributed by atoms with van der Waals surface area (Å²) in [6.45, 7) is 8.34. The van der Waals surface area contributed by atoms with E-state index in [0.717, 1.165) is 26.8 Å². The van der Waals surface area contributed by atoms with Crippen molar-refractivity contribution in [1.82, 2.24) is 10.2 Å². The van der Waals surface area contributed by atoms with Crippen molar-refractivity contribution in [2.75, 3.05) is 11.9 Å². The maximum Gasteiger partial charge on any atom is 0.408 e. The third-order valence-corrected chi connectivity index (χ3v) is 6.62. The summed E-state index contributed by atoms with van der Waals surface area (Å²) in [5.74, 6) is -1.96. The standard InChI is InChI=1S/C32H37N5O5/c1-20-10-11-24(18-21(20)2)28(29(39)35-25-13-12-22-8-6-7-9-23(22)19-25)37(17-16-33)30(40)26(14-15-27(34)38)36-31(41)42-32(3,4)5/h6-13,18-19,26,28H,14-15,17H2,1-5H3,(H2,34,38)(H,35,39)(H,36,41). The van der Waals surface area contributed by atoms with Gasteiger partial charge in [-0.05, 0) is 80.6 Å². The van der Waals surface area contributed by atoms with Gasteiger partial charge in [0.25, 0.3) is 5.91 Å². The molecule has 0 heterocycles. The van der Waals surface area contributed by atoms with Gasteiger partial charge in [0, 0.05) is 12.1 Å². The molecule has 0 radical (unpaired) electrons. The Morgan fingerprint density at radius 2 is 1.67 bits per heavy atom. The van der Waals surface area contributed by atoms with E-state index in [2.05, 4.69) is 10.6 Å². The Bertz CT molecular complexity index is 1520. The molecule has 10 heteroatoms. The van der Waals surface area contributed by atoms with Crippen LogP contribution in [-0.2, 0) is 19.1 Å².